The van der Waals surface area contributed by atoms with Gasteiger partial charge in [0.15, 0.2) is 0 Å². The third-order valence-corrected chi connectivity index (χ3v) is 1.66. The van der Waals surface area contributed by atoms with Gasteiger partial charge in [0.25, 0.3) is 0 Å². The second kappa shape index (κ2) is 6.69. The summed E-state index contributed by atoms with van der Waals surface area (Å²) in [6, 6.07) is 0. The molecule has 0 aromatic carbocycles. The summed E-state index contributed by atoms with van der Waals surface area (Å²) in [7, 11) is 0. The quantitative estimate of drug-likeness (QED) is 0.547. The second-order valence-electron chi connectivity index (χ2n) is 4.28. The summed E-state index contributed by atoms with van der Waals surface area (Å²) in [6.45, 7) is 11.5. The van der Waals surface area contributed by atoms with Crippen LogP contribution in [-0.2, 0) is 0 Å². The molecule has 0 aliphatic heterocycles. The van der Waals surface area contributed by atoms with E-state index in [0.717, 1.165) is 5.92 Å². The molecule has 0 aromatic rings. The first kappa shape index (κ1) is 17.2. The first-order valence-electron chi connectivity index (χ1n) is 3.95. The Morgan fingerprint density at radius 2 is 1.45 bits per heavy atom. The zero-order valence-electron chi connectivity index (χ0n) is 7.49. The summed E-state index contributed by atoms with van der Waals surface area (Å²) >= 11 is 0. The maximum absolute atomic E-state index is 2.32. The van der Waals surface area contributed by atoms with Crippen LogP contribution in [0.5, 0.6) is 0 Å². The van der Waals surface area contributed by atoms with Gasteiger partial charge in [-0.2, -0.15) is 0 Å². The Hall–Kier alpha value is 0. The second-order valence-corrected chi connectivity index (χ2v) is 4.28. The lowest BCUT2D eigenvalue weighted by molar-refractivity contribution is 0.302. The van der Waals surface area contributed by atoms with Gasteiger partial charge in [-0.25, -0.2) is 0 Å². The largest absolute Gasteiger partial charge is 0.0776 e. The van der Waals surface area contributed by atoms with Crippen LogP contribution in [0.15, 0.2) is 0 Å². The molecule has 1 unspecified atom stereocenters. The van der Waals surface area contributed by atoms with Crippen molar-refractivity contribution in [2.24, 2.45) is 11.3 Å². The van der Waals surface area contributed by atoms with Gasteiger partial charge < -0.3 is 0 Å². The normalized spacial score (nSPS) is 12.8. The van der Waals surface area contributed by atoms with Gasteiger partial charge in [0.1, 0.15) is 0 Å². The Balaban J connectivity index is -0.000000320. The molecule has 0 saturated carbocycles. The molecule has 0 nitrogen and oxygen atoms in total. The van der Waals surface area contributed by atoms with Crippen LogP contribution in [0.1, 0.15) is 62.3 Å². The highest BCUT2D eigenvalue weighted by Crippen LogP contribution is 2.25. The maximum Gasteiger partial charge on any atom is -0.0380 e. The summed E-state index contributed by atoms with van der Waals surface area (Å²) in [5.74, 6) is 0.894. The molecule has 0 aromatic heterocycles. The minimum Gasteiger partial charge on any atom is -0.0776 e. The predicted molar refractivity (Wildman–Crippen MR) is 57.0 cm³/mol. The standard InChI is InChI=1S/C9H20.2CH4/c1-6-8(2)7-9(3,4)5;;/h8H,6-7H2,1-5H3;2*1H4. The van der Waals surface area contributed by atoms with Crippen molar-refractivity contribution in [3.63, 3.8) is 0 Å². The number of hydrogen-bond acceptors (Lipinski definition) is 0. The fourth-order valence-corrected chi connectivity index (χ4v) is 1.19. The van der Waals surface area contributed by atoms with Crippen molar-refractivity contribution in [2.45, 2.75) is 62.3 Å². The van der Waals surface area contributed by atoms with E-state index >= 15 is 0 Å². The molecule has 0 saturated heterocycles. The van der Waals surface area contributed by atoms with Crippen molar-refractivity contribution >= 4 is 0 Å². The van der Waals surface area contributed by atoms with Crippen LogP contribution in [0.2, 0.25) is 0 Å². The summed E-state index contributed by atoms with van der Waals surface area (Å²) in [6.07, 6.45) is 2.67. The zero-order valence-corrected chi connectivity index (χ0v) is 7.49. The Labute approximate surface area is 74.4 Å². The molecule has 0 heterocycles. The summed E-state index contributed by atoms with van der Waals surface area (Å²) in [5.41, 5.74) is 0.523. The Morgan fingerprint density at radius 1 is 1.09 bits per heavy atom. The smallest absolute Gasteiger partial charge is 0.0380 e. The molecule has 0 N–H and O–H groups in total. The molecule has 0 aliphatic rings. The van der Waals surface area contributed by atoms with Crippen molar-refractivity contribution < 1.29 is 0 Å². The van der Waals surface area contributed by atoms with Gasteiger partial charge in [-0.15, -0.1) is 0 Å². The molecular weight excluding hydrogens is 132 g/mol. The topological polar surface area (TPSA) is 0 Å². The van der Waals surface area contributed by atoms with E-state index in [1.165, 1.54) is 12.8 Å². The van der Waals surface area contributed by atoms with Crippen LogP contribution in [0.25, 0.3) is 0 Å². The first-order chi connectivity index (χ1) is 3.95. The van der Waals surface area contributed by atoms with Crippen LogP contribution < -0.4 is 0 Å². The van der Waals surface area contributed by atoms with Gasteiger partial charge in [0, 0.05) is 0 Å². The monoisotopic (exact) mass is 160 g/mol. The van der Waals surface area contributed by atoms with E-state index in [4.69, 9.17) is 0 Å². The van der Waals surface area contributed by atoms with Crippen molar-refractivity contribution in [3.8, 4) is 0 Å². The molecule has 0 rings (SSSR count). The van der Waals surface area contributed by atoms with Crippen LogP contribution in [0.3, 0.4) is 0 Å². The number of hydrogen-bond donors (Lipinski definition) is 0. The van der Waals surface area contributed by atoms with E-state index in [0.29, 0.717) is 5.41 Å². The van der Waals surface area contributed by atoms with Crippen LogP contribution in [0.4, 0.5) is 0 Å². The summed E-state index contributed by atoms with van der Waals surface area (Å²) in [5, 5.41) is 0. The van der Waals surface area contributed by atoms with Gasteiger partial charge in [0.05, 0.1) is 0 Å². The van der Waals surface area contributed by atoms with Crippen molar-refractivity contribution in [2.75, 3.05) is 0 Å². The highest BCUT2D eigenvalue weighted by molar-refractivity contribution is 4.64. The molecule has 72 valence electrons. The van der Waals surface area contributed by atoms with E-state index in [2.05, 4.69) is 34.6 Å². The van der Waals surface area contributed by atoms with Crippen LogP contribution >= 0.6 is 0 Å². The Morgan fingerprint density at radius 3 is 1.55 bits per heavy atom. The average molecular weight is 160 g/mol. The lowest BCUT2D eigenvalue weighted by atomic mass is 9.84. The lowest BCUT2D eigenvalue weighted by Crippen LogP contribution is -2.09. The first-order valence-corrected chi connectivity index (χ1v) is 3.95. The molecule has 0 bridgehead atoms. The van der Waals surface area contributed by atoms with Crippen molar-refractivity contribution in [3.05, 3.63) is 0 Å². The third-order valence-electron chi connectivity index (χ3n) is 1.66. The molecule has 0 aliphatic carbocycles. The van der Waals surface area contributed by atoms with E-state index < -0.39 is 0 Å². The molecule has 0 fully saturated rings. The van der Waals surface area contributed by atoms with Crippen molar-refractivity contribution in [1.82, 2.24) is 0 Å². The van der Waals surface area contributed by atoms with E-state index in [9.17, 15) is 0 Å². The molecule has 1 atom stereocenters. The minimum absolute atomic E-state index is 0. The Bertz CT molecular complexity index is 66.6. The highest BCUT2D eigenvalue weighted by Gasteiger charge is 2.13. The molecule has 11 heavy (non-hydrogen) atoms. The van der Waals surface area contributed by atoms with Gasteiger partial charge in [0.2, 0.25) is 0 Å². The fraction of sp³-hybridized carbons (Fsp3) is 1.00. The molecule has 0 radical (unpaired) electrons. The van der Waals surface area contributed by atoms with Crippen LogP contribution in [-0.4, -0.2) is 0 Å². The average Bonchev–Trinajstić information content (AvgIpc) is 1.62. The van der Waals surface area contributed by atoms with Gasteiger partial charge in [-0.05, 0) is 17.8 Å². The lowest BCUT2D eigenvalue weighted by Gasteiger charge is -2.21. The zero-order chi connectivity index (χ0) is 7.49. The number of rotatable bonds is 2. The maximum atomic E-state index is 2.32. The Kier molecular flexibility index (Phi) is 10.5. The highest BCUT2D eigenvalue weighted by atomic mass is 14.2. The molecule has 0 heteroatoms. The SMILES string of the molecule is C.C.CCC(C)CC(C)(C)C. The third kappa shape index (κ3) is 13.1. The molecule has 0 spiro atoms. The predicted octanol–water partition coefficient (Wildman–Crippen LogP) is 4.74. The van der Waals surface area contributed by atoms with E-state index in [1.807, 2.05) is 0 Å². The van der Waals surface area contributed by atoms with E-state index in [1.54, 1.807) is 0 Å². The van der Waals surface area contributed by atoms with Gasteiger partial charge in [-0.1, -0.05) is 55.9 Å². The minimum atomic E-state index is 0. The van der Waals surface area contributed by atoms with Gasteiger partial charge in [-0.3, -0.25) is 0 Å². The van der Waals surface area contributed by atoms with E-state index in [-0.39, 0.29) is 14.9 Å². The molecule has 0 amide bonds. The van der Waals surface area contributed by atoms with Crippen molar-refractivity contribution in [1.29, 1.82) is 0 Å². The fourth-order valence-electron chi connectivity index (χ4n) is 1.19. The summed E-state index contributed by atoms with van der Waals surface area (Å²) in [4.78, 5) is 0. The summed E-state index contributed by atoms with van der Waals surface area (Å²) < 4.78 is 0. The van der Waals surface area contributed by atoms with Crippen LogP contribution in [0, 0.1) is 11.3 Å². The molecular formula is C11H28. The van der Waals surface area contributed by atoms with Gasteiger partial charge >= 0.3 is 0 Å².